The molecule has 1 aromatic rings. The molecule has 1 aromatic carbocycles. The molecule has 2 fully saturated rings. The van der Waals surface area contributed by atoms with Crippen LogP contribution in [0.15, 0.2) is 29.2 Å². The summed E-state index contributed by atoms with van der Waals surface area (Å²) in [6, 6.07) is 5.90. The molecule has 1 amide bonds. The minimum atomic E-state index is -3.60. The lowest BCUT2D eigenvalue weighted by Crippen LogP contribution is -2.46. The van der Waals surface area contributed by atoms with Crippen molar-refractivity contribution in [2.75, 3.05) is 24.6 Å². The maximum absolute atomic E-state index is 12.6. The molecular formula is C16H22N2O5S2. The SMILES string of the molecule is CC1(NC(=O)c2cccc(S(=O)(=O)N3CCCC3)c2)CCS(=O)(=O)C1. The highest BCUT2D eigenvalue weighted by Crippen LogP contribution is 2.25. The molecule has 1 unspecified atom stereocenters. The second kappa shape index (κ2) is 6.37. The minimum Gasteiger partial charge on any atom is -0.346 e. The van der Waals surface area contributed by atoms with E-state index in [2.05, 4.69) is 5.32 Å². The molecule has 0 spiro atoms. The lowest BCUT2D eigenvalue weighted by Gasteiger charge is -2.24. The van der Waals surface area contributed by atoms with Crippen LogP contribution < -0.4 is 5.32 Å². The van der Waals surface area contributed by atoms with Crippen molar-refractivity contribution in [3.8, 4) is 0 Å². The molecule has 2 aliphatic rings. The van der Waals surface area contributed by atoms with E-state index in [0.29, 0.717) is 19.5 Å². The van der Waals surface area contributed by atoms with Gasteiger partial charge >= 0.3 is 0 Å². The fraction of sp³-hybridized carbons (Fsp3) is 0.562. The Hall–Kier alpha value is -1.45. The number of carbonyl (C=O) groups excluding carboxylic acids is 1. The third kappa shape index (κ3) is 3.88. The Bertz CT molecular complexity index is 889. The standard InChI is InChI=1S/C16H22N2O5S2/c1-16(7-10-24(20,21)12-16)17-15(19)13-5-4-6-14(11-13)25(22,23)18-8-2-3-9-18/h4-6,11H,2-3,7-10,12H2,1H3,(H,17,19). The molecule has 7 nitrogen and oxygen atoms in total. The van der Waals surface area contributed by atoms with Crippen molar-refractivity contribution >= 4 is 25.8 Å². The lowest BCUT2D eigenvalue weighted by molar-refractivity contribution is 0.0915. The van der Waals surface area contributed by atoms with E-state index in [9.17, 15) is 21.6 Å². The van der Waals surface area contributed by atoms with Crippen LogP contribution in [0.2, 0.25) is 0 Å². The van der Waals surface area contributed by atoms with Crippen LogP contribution in [0.3, 0.4) is 0 Å². The van der Waals surface area contributed by atoms with Crippen LogP contribution in [0.4, 0.5) is 0 Å². The molecule has 0 aliphatic carbocycles. The number of amides is 1. The monoisotopic (exact) mass is 386 g/mol. The quantitative estimate of drug-likeness (QED) is 0.824. The van der Waals surface area contributed by atoms with E-state index in [4.69, 9.17) is 0 Å². The van der Waals surface area contributed by atoms with Gasteiger partial charge in [-0.3, -0.25) is 4.79 Å². The highest BCUT2D eigenvalue weighted by atomic mass is 32.2. The van der Waals surface area contributed by atoms with E-state index >= 15 is 0 Å². The molecule has 25 heavy (non-hydrogen) atoms. The smallest absolute Gasteiger partial charge is 0.251 e. The van der Waals surface area contributed by atoms with Crippen molar-refractivity contribution in [2.45, 2.75) is 36.6 Å². The van der Waals surface area contributed by atoms with Gasteiger partial charge in [0.2, 0.25) is 10.0 Å². The van der Waals surface area contributed by atoms with Crippen molar-refractivity contribution in [3.05, 3.63) is 29.8 Å². The summed E-state index contributed by atoms with van der Waals surface area (Å²) in [6.07, 6.45) is 2.03. The molecule has 1 N–H and O–H groups in total. The number of sulfonamides is 1. The highest BCUT2D eigenvalue weighted by Gasteiger charge is 2.39. The van der Waals surface area contributed by atoms with Gasteiger partial charge in [-0.05, 0) is 44.4 Å². The predicted molar refractivity (Wildman–Crippen MR) is 93.6 cm³/mol. The van der Waals surface area contributed by atoms with Gasteiger partial charge in [0.25, 0.3) is 5.91 Å². The number of benzene rings is 1. The zero-order chi connectivity index (χ0) is 18.3. The van der Waals surface area contributed by atoms with Gasteiger partial charge in [0.05, 0.1) is 21.9 Å². The predicted octanol–water partition coefficient (Wildman–Crippen LogP) is 0.778. The number of nitrogens with one attached hydrogen (secondary N) is 1. The van der Waals surface area contributed by atoms with Gasteiger partial charge in [-0.1, -0.05) is 6.07 Å². The van der Waals surface area contributed by atoms with Crippen molar-refractivity contribution in [1.29, 1.82) is 0 Å². The molecular weight excluding hydrogens is 364 g/mol. The van der Waals surface area contributed by atoms with E-state index in [1.807, 2.05) is 0 Å². The summed E-state index contributed by atoms with van der Waals surface area (Å²) in [7, 11) is -6.74. The molecule has 0 aromatic heterocycles. The summed E-state index contributed by atoms with van der Waals surface area (Å²) in [5.74, 6) is -0.511. The largest absolute Gasteiger partial charge is 0.346 e. The highest BCUT2D eigenvalue weighted by molar-refractivity contribution is 7.91. The van der Waals surface area contributed by atoms with Gasteiger partial charge in [-0.15, -0.1) is 0 Å². The Balaban J connectivity index is 1.81. The van der Waals surface area contributed by atoms with E-state index in [1.165, 1.54) is 28.6 Å². The maximum atomic E-state index is 12.6. The topological polar surface area (TPSA) is 101 Å². The first-order chi connectivity index (χ1) is 11.6. The fourth-order valence-electron chi connectivity index (χ4n) is 3.33. The zero-order valence-corrected chi connectivity index (χ0v) is 15.7. The first-order valence-corrected chi connectivity index (χ1v) is 11.5. The third-order valence-corrected chi connectivity index (χ3v) is 8.52. The first kappa shape index (κ1) is 18.3. The Morgan fingerprint density at radius 2 is 1.92 bits per heavy atom. The van der Waals surface area contributed by atoms with Gasteiger partial charge in [0.1, 0.15) is 0 Å². The lowest BCUT2D eigenvalue weighted by atomic mass is 10.0. The average molecular weight is 386 g/mol. The van der Waals surface area contributed by atoms with Crippen LogP contribution in [0.1, 0.15) is 36.5 Å². The molecule has 0 radical (unpaired) electrons. The maximum Gasteiger partial charge on any atom is 0.251 e. The molecule has 9 heteroatoms. The Kier molecular flexibility index (Phi) is 4.67. The number of rotatable bonds is 4. The van der Waals surface area contributed by atoms with Crippen LogP contribution in [-0.2, 0) is 19.9 Å². The molecule has 0 bridgehead atoms. The van der Waals surface area contributed by atoms with Crippen molar-refractivity contribution in [3.63, 3.8) is 0 Å². The normalized spacial score (nSPS) is 26.6. The fourth-order valence-corrected chi connectivity index (χ4v) is 6.99. The molecule has 2 heterocycles. The van der Waals surface area contributed by atoms with E-state index in [1.54, 1.807) is 6.92 Å². The molecule has 2 saturated heterocycles. The van der Waals surface area contributed by atoms with Crippen LogP contribution in [0.25, 0.3) is 0 Å². The molecule has 138 valence electrons. The Labute approximate surface area is 148 Å². The van der Waals surface area contributed by atoms with Crippen LogP contribution in [0, 0.1) is 0 Å². The van der Waals surface area contributed by atoms with Crippen LogP contribution in [0.5, 0.6) is 0 Å². The summed E-state index contributed by atoms with van der Waals surface area (Å²) in [6.45, 7) is 2.68. The minimum absolute atomic E-state index is 0.0488. The zero-order valence-electron chi connectivity index (χ0n) is 14.1. The molecule has 2 aliphatic heterocycles. The van der Waals surface area contributed by atoms with Gasteiger partial charge in [0, 0.05) is 18.7 Å². The number of sulfone groups is 1. The summed E-state index contributed by atoms with van der Waals surface area (Å²) >= 11 is 0. The Morgan fingerprint density at radius 1 is 1.24 bits per heavy atom. The molecule has 0 saturated carbocycles. The summed E-state index contributed by atoms with van der Waals surface area (Å²) in [5, 5.41) is 2.75. The van der Waals surface area contributed by atoms with Crippen molar-refractivity contribution in [2.24, 2.45) is 0 Å². The van der Waals surface area contributed by atoms with Gasteiger partial charge in [0.15, 0.2) is 9.84 Å². The summed E-state index contributed by atoms with van der Waals surface area (Å²) < 4.78 is 50.0. The van der Waals surface area contributed by atoms with Crippen LogP contribution in [-0.4, -0.2) is 57.2 Å². The molecule has 1 atom stereocenters. The molecule has 3 rings (SSSR count). The van der Waals surface area contributed by atoms with Crippen molar-refractivity contribution in [1.82, 2.24) is 9.62 Å². The van der Waals surface area contributed by atoms with E-state index < -0.39 is 31.3 Å². The van der Waals surface area contributed by atoms with Crippen LogP contribution >= 0.6 is 0 Å². The number of carbonyl (C=O) groups is 1. The van der Waals surface area contributed by atoms with E-state index in [-0.39, 0.29) is 22.0 Å². The van der Waals surface area contributed by atoms with E-state index in [0.717, 1.165) is 12.8 Å². The number of nitrogens with zero attached hydrogens (tertiary/aromatic N) is 1. The summed E-state index contributed by atoms with van der Waals surface area (Å²) in [5.41, 5.74) is -0.606. The second-order valence-corrected chi connectivity index (χ2v) is 11.1. The van der Waals surface area contributed by atoms with Gasteiger partial charge in [-0.25, -0.2) is 16.8 Å². The third-order valence-electron chi connectivity index (χ3n) is 4.72. The number of hydrogen-bond donors (Lipinski definition) is 1. The Morgan fingerprint density at radius 3 is 2.52 bits per heavy atom. The number of hydrogen-bond acceptors (Lipinski definition) is 5. The first-order valence-electron chi connectivity index (χ1n) is 8.25. The average Bonchev–Trinajstić information content (AvgIpc) is 3.16. The summed E-state index contributed by atoms with van der Waals surface area (Å²) in [4.78, 5) is 12.6. The van der Waals surface area contributed by atoms with Gasteiger partial charge in [-0.2, -0.15) is 4.31 Å². The second-order valence-electron chi connectivity index (χ2n) is 7.00. The van der Waals surface area contributed by atoms with Gasteiger partial charge < -0.3 is 5.32 Å². The van der Waals surface area contributed by atoms with Crippen molar-refractivity contribution < 1.29 is 21.6 Å².